The number of nitrogens with zero attached hydrogens (tertiary/aromatic N) is 2. The predicted octanol–water partition coefficient (Wildman–Crippen LogP) is 4.77. The molecular formula is C27H28N2O2. The molecule has 4 nitrogen and oxygen atoms in total. The van der Waals surface area contributed by atoms with Crippen molar-refractivity contribution in [3.63, 3.8) is 0 Å². The third-order valence-electron chi connectivity index (χ3n) is 5.43. The zero-order valence-electron chi connectivity index (χ0n) is 17.7. The fourth-order valence-corrected chi connectivity index (χ4v) is 3.71. The number of amides is 1. The van der Waals surface area contributed by atoms with E-state index in [9.17, 15) is 4.79 Å². The minimum Gasteiger partial charge on any atom is -0.378 e. The Morgan fingerprint density at radius 2 is 1.35 bits per heavy atom. The van der Waals surface area contributed by atoms with Gasteiger partial charge in [-0.25, -0.2) is 0 Å². The molecule has 1 aliphatic heterocycles. The van der Waals surface area contributed by atoms with Gasteiger partial charge in [-0.3, -0.25) is 4.79 Å². The van der Waals surface area contributed by atoms with E-state index < -0.39 is 0 Å². The van der Waals surface area contributed by atoms with E-state index in [-0.39, 0.29) is 5.91 Å². The SMILES string of the molecule is O=C(/C=C/c1ccc(N2CCOCC2)cc1)N(Cc1ccccc1)Cc1ccccc1. The summed E-state index contributed by atoms with van der Waals surface area (Å²) in [6.07, 6.45) is 3.57. The van der Waals surface area contributed by atoms with Gasteiger partial charge < -0.3 is 14.5 Å². The molecule has 0 aliphatic carbocycles. The van der Waals surface area contributed by atoms with Crippen molar-refractivity contribution < 1.29 is 9.53 Å². The number of anilines is 1. The molecule has 0 spiro atoms. The second kappa shape index (κ2) is 10.6. The Kier molecular flexibility index (Phi) is 7.14. The van der Waals surface area contributed by atoms with Crippen molar-refractivity contribution in [3.05, 3.63) is 108 Å². The van der Waals surface area contributed by atoms with Gasteiger partial charge in [-0.1, -0.05) is 72.8 Å². The average molecular weight is 413 g/mol. The van der Waals surface area contributed by atoms with Gasteiger partial charge in [0.05, 0.1) is 13.2 Å². The predicted molar refractivity (Wildman–Crippen MR) is 126 cm³/mol. The molecule has 0 N–H and O–H groups in total. The summed E-state index contributed by atoms with van der Waals surface area (Å²) in [4.78, 5) is 17.3. The minimum absolute atomic E-state index is 0.00459. The van der Waals surface area contributed by atoms with Crippen LogP contribution in [0.15, 0.2) is 91.0 Å². The van der Waals surface area contributed by atoms with E-state index in [4.69, 9.17) is 4.74 Å². The van der Waals surface area contributed by atoms with Crippen LogP contribution < -0.4 is 4.90 Å². The van der Waals surface area contributed by atoms with E-state index >= 15 is 0 Å². The molecule has 1 amide bonds. The molecule has 1 heterocycles. The zero-order valence-corrected chi connectivity index (χ0v) is 17.7. The third-order valence-corrected chi connectivity index (χ3v) is 5.43. The molecule has 4 heteroatoms. The highest BCUT2D eigenvalue weighted by Gasteiger charge is 2.13. The van der Waals surface area contributed by atoms with E-state index in [0.29, 0.717) is 13.1 Å². The maximum atomic E-state index is 13.1. The largest absolute Gasteiger partial charge is 0.378 e. The van der Waals surface area contributed by atoms with Crippen LogP contribution in [0.3, 0.4) is 0 Å². The first-order chi connectivity index (χ1) is 15.3. The summed E-state index contributed by atoms with van der Waals surface area (Å²) >= 11 is 0. The maximum absolute atomic E-state index is 13.1. The number of ether oxygens (including phenoxy) is 1. The van der Waals surface area contributed by atoms with Gasteiger partial charge >= 0.3 is 0 Å². The van der Waals surface area contributed by atoms with Crippen LogP contribution in [0, 0.1) is 0 Å². The van der Waals surface area contributed by atoms with Gasteiger partial charge in [0.25, 0.3) is 0 Å². The molecule has 1 saturated heterocycles. The molecule has 31 heavy (non-hydrogen) atoms. The van der Waals surface area contributed by atoms with Gasteiger partial charge in [0, 0.05) is 37.9 Å². The van der Waals surface area contributed by atoms with Crippen molar-refractivity contribution in [3.8, 4) is 0 Å². The number of hydrogen-bond acceptors (Lipinski definition) is 3. The molecule has 0 bridgehead atoms. The number of rotatable bonds is 7. The number of carbonyl (C=O) groups excluding carboxylic acids is 1. The highest BCUT2D eigenvalue weighted by molar-refractivity contribution is 5.91. The Bertz CT molecular complexity index is 937. The van der Waals surface area contributed by atoms with Crippen LogP contribution in [0.2, 0.25) is 0 Å². The highest BCUT2D eigenvalue weighted by Crippen LogP contribution is 2.18. The quantitative estimate of drug-likeness (QED) is 0.524. The first-order valence-corrected chi connectivity index (χ1v) is 10.8. The summed E-state index contributed by atoms with van der Waals surface area (Å²) < 4.78 is 5.42. The molecule has 0 saturated carbocycles. The standard InChI is InChI=1S/C27H28N2O2/c30-27(16-13-23-11-14-26(15-12-23)28-17-19-31-20-18-28)29(21-24-7-3-1-4-8-24)22-25-9-5-2-6-10-25/h1-16H,17-22H2/b16-13+. The van der Waals surface area contributed by atoms with Crippen molar-refractivity contribution in [2.45, 2.75) is 13.1 Å². The average Bonchev–Trinajstić information content (AvgIpc) is 2.84. The molecule has 0 radical (unpaired) electrons. The zero-order chi connectivity index (χ0) is 21.3. The summed E-state index contributed by atoms with van der Waals surface area (Å²) in [5, 5.41) is 0. The van der Waals surface area contributed by atoms with E-state index in [2.05, 4.69) is 53.4 Å². The molecule has 3 aromatic rings. The highest BCUT2D eigenvalue weighted by atomic mass is 16.5. The molecule has 4 rings (SSSR count). The Morgan fingerprint density at radius 1 is 0.806 bits per heavy atom. The van der Waals surface area contributed by atoms with Crippen molar-refractivity contribution in [1.29, 1.82) is 0 Å². The fourth-order valence-electron chi connectivity index (χ4n) is 3.71. The minimum atomic E-state index is 0.00459. The smallest absolute Gasteiger partial charge is 0.247 e. The lowest BCUT2D eigenvalue weighted by Gasteiger charge is -2.28. The van der Waals surface area contributed by atoms with Crippen LogP contribution >= 0.6 is 0 Å². The van der Waals surface area contributed by atoms with Crippen LogP contribution in [0.5, 0.6) is 0 Å². The molecular weight excluding hydrogens is 384 g/mol. The maximum Gasteiger partial charge on any atom is 0.247 e. The van der Waals surface area contributed by atoms with Crippen molar-refractivity contribution in [1.82, 2.24) is 4.90 Å². The third kappa shape index (κ3) is 6.06. The van der Waals surface area contributed by atoms with Gasteiger partial charge in [0.2, 0.25) is 5.91 Å². The van der Waals surface area contributed by atoms with E-state index in [0.717, 1.165) is 43.0 Å². The topological polar surface area (TPSA) is 32.8 Å². The molecule has 158 valence electrons. The lowest BCUT2D eigenvalue weighted by atomic mass is 10.1. The summed E-state index contributed by atoms with van der Waals surface area (Å²) in [6.45, 7) is 4.54. The summed E-state index contributed by atoms with van der Waals surface area (Å²) in [5.41, 5.74) is 4.45. The fraction of sp³-hybridized carbons (Fsp3) is 0.222. The molecule has 1 aliphatic rings. The van der Waals surface area contributed by atoms with Gasteiger partial charge in [-0.15, -0.1) is 0 Å². The van der Waals surface area contributed by atoms with E-state index in [1.807, 2.05) is 47.4 Å². The normalized spacial score (nSPS) is 14.0. The van der Waals surface area contributed by atoms with Crippen LogP contribution in [-0.2, 0) is 22.6 Å². The van der Waals surface area contributed by atoms with Crippen molar-refractivity contribution >= 4 is 17.7 Å². The van der Waals surface area contributed by atoms with Gasteiger partial charge in [-0.2, -0.15) is 0 Å². The van der Waals surface area contributed by atoms with E-state index in [1.54, 1.807) is 6.08 Å². The Balaban J connectivity index is 1.45. The molecule has 0 unspecified atom stereocenters. The van der Waals surface area contributed by atoms with Crippen LogP contribution in [-0.4, -0.2) is 37.1 Å². The molecule has 0 aromatic heterocycles. The second-order valence-corrected chi connectivity index (χ2v) is 7.69. The first-order valence-electron chi connectivity index (χ1n) is 10.8. The van der Waals surface area contributed by atoms with E-state index in [1.165, 1.54) is 5.69 Å². The monoisotopic (exact) mass is 412 g/mol. The molecule has 3 aromatic carbocycles. The lowest BCUT2D eigenvalue weighted by Crippen LogP contribution is -2.36. The Hall–Kier alpha value is -3.37. The Morgan fingerprint density at radius 3 is 1.90 bits per heavy atom. The second-order valence-electron chi connectivity index (χ2n) is 7.69. The summed E-state index contributed by atoms with van der Waals surface area (Å²) in [6, 6.07) is 28.6. The Labute approximate surface area is 184 Å². The van der Waals surface area contributed by atoms with Gasteiger partial charge in [0.15, 0.2) is 0 Å². The summed E-state index contributed by atoms with van der Waals surface area (Å²) in [5.74, 6) is 0.00459. The van der Waals surface area contributed by atoms with Gasteiger partial charge in [0.1, 0.15) is 0 Å². The van der Waals surface area contributed by atoms with Crippen molar-refractivity contribution in [2.24, 2.45) is 0 Å². The van der Waals surface area contributed by atoms with Crippen LogP contribution in [0.25, 0.3) is 6.08 Å². The first kappa shape index (κ1) is 20.9. The number of benzene rings is 3. The number of carbonyl (C=O) groups is 1. The van der Waals surface area contributed by atoms with Crippen LogP contribution in [0.1, 0.15) is 16.7 Å². The van der Waals surface area contributed by atoms with Crippen molar-refractivity contribution in [2.75, 3.05) is 31.2 Å². The number of morpholine rings is 1. The number of hydrogen-bond donors (Lipinski definition) is 0. The summed E-state index contributed by atoms with van der Waals surface area (Å²) in [7, 11) is 0. The lowest BCUT2D eigenvalue weighted by molar-refractivity contribution is -0.127. The molecule has 1 fully saturated rings. The van der Waals surface area contributed by atoms with Gasteiger partial charge in [-0.05, 0) is 34.9 Å². The van der Waals surface area contributed by atoms with Crippen LogP contribution in [0.4, 0.5) is 5.69 Å². The molecule has 0 atom stereocenters.